The number of hydrogen-bond donors (Lipinski definition) is 1. The van der Waals surface area contributed by atoms with Crippen molar-refractivity contribution in [3.63, 3.8) is 0 Å². The standard InChI is InChI=1S/C17H25N3O3/c1-17(2,3)23-16(22)20-11-9-19(10-12-20)14(15(18)21)13-7-5-4-6-8-13/h4-8,14H,9-12H2,1-3H3,(H2,18,21)/t14-/m0/s1. The van der Waals surface area contributed by atoms with E-state index >= 15 is 0 Å². The smallest absolute Gasteiger partial charge is 0.410 e. The summed E-state index contributed by atoms with van der Waals surface area (Å²) in [5, 5.41) is 0. The average Bonchev–Trinajstić information content (AvgIpc) is 2.47. The van der Waals surface area contributed by atoms with Gasteiger partial charge in [-0.1, -0.05) is 30.3 Å². The molecule has 1 aliphatic heterocycles. The van der Waals surface area contributed by atoms with Crippen LogP contribution in [0.3, 0.4) is 0 Å². The summed E-state index contributed by atoms with van der Waals surface area (Å²) in [6.45, 7) is 7.75. The van der Waals surface area contributed by atoms with Gasteiger partial charge in [-0.3, -0.25) is 9.69 Å². The van der Waals surface area contributed by atoms with Crippen molar-refractivity contribution in [3.8, 4) is 0 Å². The van der Waals surface area contributed by atoms with E-state index in [0.29, 0.717) is 26.2 Å². The number of hydrogen-bond acceptors (Lipinski definition) is 4. The van der Waals surface area contributed by atoms with Gasteiger partial charge in [0.2, 0.25) is 5.91 Å². The lowest BCUT2D eigenvalue weighted by Crippen LogP contribution is -2.52. The van der Waals surface area contributed by atoms with Crippen LogP contribution in [-0.4, -0.2) is 53.6 Å². The maximum atomic E-state index is 12.1. The maximum Gasteiger partial charge on any atom is 0.410 e. The van der Waals surface area contributed by atoms with Crippen LogP contribution in [0.2, 0.25) is 0 Å². The molecule has 1 atom stereocenters. The minimum atomic E-state index is -0.506. The number of carbonyl (C=O) groups is 2. The van der Waals surface area contributed by atoms with E-state index in [1.807, 2.05) is 56.0 Å². The Morgan fingerprint density at radius 1 is 1.09 bits per heavy atom. The number of primary amides is 1. The van der Waals surface area contributed by atoms with Crippen molar-refractivity contribution in [2.45, 2.75) is 32.4 Å². The number of nitrogens with two attached hydrogens (primary N) is 1. The number of ether oxygens (including phenoxy) is 1. The summed E-state index contributed by atoms with van der Waals surface area (Å²) in [6.07, 6.45) is -0.313. The third-order valence-corrected chi connectivity index (χ3v) is 3.72. The molecule has 0 bridgehead atoms. The van der Waals surface area contributed by atoms with Crippen molar-refractivity contribution in [3.05, 3.63) is 35.9 Å². The van der Waals surface area contributed by atoms with Gasteiger partial charge in [-0.05, 0) is 26.3 Å². The Kier molecular flexibility index (Phi) is 5.26. The molecule has 0 aliphatic carbocycles. The summed E-state index contributed by atoms with van der Waals surface area (Å²) in [4.78, 5) is 27.6. The van der Waals surface area contributed by atoms with Crippen molar-refractivity contribution in [1.82, 2.24) is 9.80 Å². The van der Waals surface area contributed by atoms with Crippen LogP contribution < -0.4 is 5.73 Å². The van der Waals surface area contributed by atoms with Crippen molar-refractivity contribution in [1.29, 1.82) is 0 Å². The highest BCUT2D eigenvalue weighted by atomic mass is 16.6. The van der Waals surface area contributed by atoms with Gasteiger partial charge in [0.1, 0.15) is 11.6 Å². The van der Waals surface area contributed by atoms with E-state index in [0.717, 1.165) is 5.56 Å². The van der Waals surface area contributed by atoms with E-state index in [1.54, 1.807) is 4.90 Å². The molecule has 23 heavy (non-hydrogen) atoms. The van der Waals surface area contributed by atoms with Crippen LogP contribution >= 0.6 is 0 Å². The quantitative estimate of drug-likeness (QED) is 0.921. The summed E-state index contributed by atoms with van der Waals surface area (Å²) in [5.41, 5.74) is 5.97. The van der Waals surface area contributed by atoms with Crippen LogP contribution in [0.25, 0.3) is 0 Å². The van der Waals surface area contributed by atoms with Gasteiger partial charge in [0, 0.05) is 26.2 Å². The van der Waals surface area contributed by atoms with E-state index < -0.39 is 11.6 Å². The van der Waals surface area contributed by atoms with Crippen molar-refractivity contribution in [2.75, 3.05) is 26.2 Å². The summed E-state index contributed by atoms with van der Waals surface area (Å²) < 4.78 is 5.38. The molecule has 0 spiro atoms. The second-order valence-electron chi connectivity index (χ2n) is 6.72. The van der Waals surface area contributed by atoms with E-state index in [1.165, 1.54) is 0 Å². The van der Waals surface area contributed by atoms with Crippen LogP contribution in [0.5, 0.6) is 0 Å². The number of piperazine rings is 1. The number of nitrogens with zero attached hydrogens (tertiary/aromatic N) is 2. The van der Waals surface area contributed by atoms with E-state index in [4.69, 9.17) is 10.5 Å². The predicted octanol–water partition coefficient (Wildman–Crippen LogP) is 1.77. The average molecular weight is 319 g/mol. The minimum Gasteiger partial charge on any atom is -0.444 e. The molecule has 1 aromatic carbocycles. The van der Waals surface area contributed by atoms with Gasteiger partial charge in [-0.25, -0.2) is 4.79 Å². The highest BCUT2D eigenvalue weighted by Gasteiger charge is 2.31. The van der Waals surface area contributed by atoms with Gasteiger partial charge in [0.25, 0.3) is 0 Å². The molecule has 0 radical (unpaired) electrons. The zero-order valence-corrected chi connectivity index (χ0v) is 14.0. The summed E-state index contributed by atoms with van der Waals surface area (Å²) in [5.74, 6) is -0.373. The van der Waals surface area contributed by atoms with Crippen LogP contribution in [0, 0.1) is 0 Å². The molecular formula is C17H25N3O3. The second-order valence-corrected chi connectivity index (χ2v) is 6.72. The molecule has 6 heteroatoms. The van der Waals surface area contributed by atoms with Gasteiger partial charge in [0.05, 0.1) is 0 Å². The summed E-state index contributed by atoms with van der Waals surface area (Å²) in [6, 6.07) is 9.02. The SMILES string of the molecule is CC(C)(C)OC(=O)N1CCN([C@H](C(N)=O)c2ccccc2)CC1. The fraction of sp³-hybridized carbons (Fsp3) is 0.529. The monoisotopic (exact) mass is 319 g/mol. The largest absolute Gasteiger partial charge is 0.444 e. The fourth-order valence-electron chi connectivity index (χ4n) is 2.68. The first-order valence-corrected chi connectivity index (χ1v) is 7.84. The first-order chi connectivity index (χ1) is 10.8. The molecule has 1 aromatic rings. The topological polar surface area (TPSA) is 75.9 Å². The molecule has 126 valence electrons. The van der Waals surface area contributed by atoms with Gasteiger partial charge in [0.15, 0.2) is 0 Å². The Bertz CT molecular complexity index is 546. The van der Waals surface area contributed by atoms with Crippen molar-refractivity contribution in [2.24, 2.45) is 5.73 Å². The molecule has 0 aromatic heterocycles. The number of amides is 2. The Morgan fingerprint density at radius 2 is 1.65 bits per heavy atom. The normalized spacial score (nSPS) is 17.6. The Balaban J connectivity index is 2.00. The molecule has 2 N–H and O–H groups in total. The highest BCUT2D eigenvalue weighted by Crippen LogP contribution is 2.22. The van der Waals surface area contributed by atoms with Crippen molar-refractivity contribution < 1.29 is 14.3 Å². The summed E-state index contributed by atoms with van der Waals surface area (Å²) >= 11 is 0. The molecule has 1 saturated heterocycles. The lowest BCUT2D eigenvalue weighted by Gasteiger charge is -2.38. The molecule has 2 amide bonds. The Labute approximate surface area is 137 Å². The number of rotatable bonds is 3. The van der Waals surface area contributed by atoms with Gasteiger partial charge in [-0.15, -0.1) is 0 Å². The van der Waals surface area contributed by atoms with Crippen LogP contribution in [-0.2, 0) is 9.53 Å². The third-order valence-electron chi connectivity index (χ3n) is 3.72. The molecule has 0 saturated carbocycles. The molecule has 1 fully saturated rings. The fourth-order valence-corrected chi connectivity index (χ4v) is 2.68. The Morgan fingerprint density at radius 3 is 2.13 bits per heavy atom. The molecule has 1 heterocycles. The number of benzene rings is 1. The van der Waals surface area contributed by atoms with Gasteiger partial charge in [-0.2, -0.15) is 0 Å². The zero-order valence-electron chi connectivity index (χ0n) is 14.0. The Hall–Kier alpha value is -2.08. The highest BCUT2D eigenvalue weighted by molar-refractivity contribution is 5.81. The summed E-state index contributed by atoms with van der Waals surface area (Å²) in [7, 11) is 0. The van der Waals surface area contributed by atoms with Crippen LogP contribution in [0.1, 0.15) is 32.4 Å². The van der Waals surface area contributed by atoms with Gasteiger partial charge >= 0.3 is 6.09 Å². The van der Waals surface area contributed by atoms with E-state index in [2.05, 4.69) is 0 Å². The molecule has 6 nitrogen and oxygen atoms in total. The van der Waals surface area contributed by atoms with Crippen LogP contribution in [0.15, 0.2) is 30.3 Å². The molecule has 0 unspecified atom stereocenters. The third kappa shape index (κ3) is 4.69. The first kappa shape index (κ1) is 17.3. The first-order valence-electron chi connectivity index (χ1n) is 7.84. The van der Waals surface area contributed by atoms with E-state index in [-0.39, 0.29) is 12.0 Å². The van der Waals surface area contributed by atoms with Gasteiger partial charge < -0.3 is 15.4 Å². The molecule has 2 rings (SSSR count). The molecular weight excluding hydrogens is 294 g/mol. The number of carbonyl (C=O) groups excluding carboxylic acids is 2. The van der Waals surface area contributed by atoms with Crippen molar-refractivity contribution >= 4 is 12.0 Å². The predicted molar refractivity (Wildman–Crippen MR) is 87.8 cm³/mol. The second kappa shape index (κ2) is 7.00. The zero-order chi connectivity index (χ0) is 17.0. The molecule has 1 aliphatic rings. The lowest BCUT2D eigenvalue weighted by atomic mass is 10.0. The maximum absolute atomic E-state index is 12.1. The van der Waals surface area contributed by atoms with E-state index in [9.17, 15) is 9.59 Å². The van der Waals surface area contributed by atoms with Crippen LogP contribution in [0.4, 0.5) is 4.79 Å². The minimum absolute atomic E-state index is 0.313. The lowest BCUT2D eigenvalue weighted by molar-refractivity contribution is -0.124.